The van der Waals surface area contributed by atoms with Crippen molar-refractivity contribution >= 4 is 29.5 Å². The minimum absolute atomic E-state index is 0.546. The molecule has 0 bridgehead atoms. The minimum Gasteiger partial charge on any atom is -0.480 e. The summed E-state index contributed by atoms with van der Waals surface area (Å²) in [6.45, 7) is 1.90. The van der Waals surface area contributed by atoms with Crippen molar-refractivity contribution in [3.05, 3.63) is 0 Å². The standard InChI is InChI=1S/C10H17NO2S2/c12-9(13)10(2-6-15-8-10)11-3-1-5-14-7-4-11/h1-8H2,(H,12,13). The molecule has 0 aliphatic carbocycles. The Balaban J connectivity index is 2.12. The molecule has 0 aromatic carbocycles. The first-order chi connectivity index (χ1) is 7.26. The summed E-state index contributed by atoms with van der Waals surface area (Å²) in [5, 5.41) is 9.45. The molecule has 2 saturated heterocycles. The van der Waals surface area contributed by atoms with Gasteiger partial charge in [0.1, 0.15) is 5.54 Å². The Morgan fingerprint density at radius 1 is 1.20 bits per heavy atom. The summed E-state index contributed by atoms with van der Waals surface area (Å²) in [6, 6.07) is 0. The molecule has 0 radical (unpaired) electrons. The van der Waals surface area contributed by atoms with Gasteiger partial charge in [0.15, 0.2) is 0 Å². The first-order valence-corrected chi connectivity index (χ1v) is 7.71. The Kier molecular flexibility index (Phi) is 3.85. The van der Waals surface area contributed by atoms with Crippen LogP contribution in [0.25, 0.3) is 0 Å². The number of carbonyl (C=O) groups is 1. The molecule has 15 heavy (non-hydrogen) atoms. The van der Waals surface area contributed by atoms with Crippen LogP contribution < -0.4 is 0 Å². The van der Waals surface area contributed by atoms with Gasteiger partial charge < -0.3 is 5.11 Å². The zero-order valence-electron chi connectivity index (χ0n) is 8.78. The zero-order valence-corrected chi connectivity index (χ0v) is 10.4. The Bertz CT molecular complexity index is 234. The predicted octanol–water partition coefficient (Wildman–Crippen LogP) is 1.39. The lowest BCUT2D eigenvalue weighted by Crippen LogP contribution is -2.55. The van der Waals surface area contributed by atoms with Crippen LogP contribution in [0.15, 0.2) is 0 Å². The van der Waals surface area contributed by atoms with Gasteiger partial charge in [0, 0.05) is 24.6 Å². The van der Waals surface area contributed by atoms with Crippen LogP contribution in [-0.2, 0) is 4.79 Å². The molecular weight excluding hydrogens is 230 g/mol. The second kappa shape index (κ2) is 4.97. The van der Waals surface area contributed by atoms with Crippen LogP contribution >= 0.6 is 23.5 Å². The third-order valence-corrected chi connectivity index (χ3v) is 5.45. The number of hydrogen-bond acceptors (Lipinski definition) is 4. The average molecular weight is 247 g/mol. The molecule has 0 amide bonds. The number of hydrogen-bond donors (Lipinski definition) is 1. The molecule has 0 aromatic rings. The number of thioether (sulfide) groups is 2. The fourth-order valence-corrected chi connectivity index (χ4v) is 4.58. The second-order valence-electron chi connectivity index (χ2n) is 4.09. The molecule has 0 aromatic heterocycles. The number of nitrogens with zero attached hydrogens (tertiary/aromatic N) is 1. The van der Waals surface area contributed by atoms with Crippen molar-refractivity contribution in [2.24, 2.45) is 0 Å². The van der Waals surface area contributed by atoms with Gasteiger partial charge in [-0.1, -0.05) is 0 Å². The molecule has 2 heterocycles. The Hall–Kier alpha value is 0.130. The van der Waals surface area contributed by atoms with Gasteiger partial charge in [-0.3, -0.25) is 9.69 Å². The fourth-order valence-electron chi connectivity index (χ4n) is 2.28. The molecule has 2 aliphatic rings. The number of aliphatic carboxylic acids is 1. The normalized spacial score (nSPS) is 33.9. The summed E-state index contributed by atoms with van der Waals surface area (Å²) in [5.74, 6) is 3.42. The molecule has 1 unspecified atom stereocenters. The lowest BCUT2D eigenvalue weighted by Gasteiger charge is -2.36. The molecule has 2 fully saturated rings. The summed E-state index contributed by atoms with van der Waals surface area (Å²) < 4.78 is 0. The van der Waals surface area contributed by atoms with E-state index in [2.05, 4.69) is 4.90 Å². The zero-order chi connectivity index (χ0) is 10.7. The van der Waals surface area contributed by atoms with Crippen LogP contribution in [-0.4, -0.2) is 57.6 Å². The highest BCUT2D eigenvalue weighted by molar-refractivity contribution is 7.99. The lowest BCUT2D eigenvalue weighted by molar-refractivity contribution is -0.149. The van der Waals surface area contributed by atoms with E-state index in [-0.39, 0.29) is 0 Å². The number of carboxylic acid groups (broad SMARTS) is 1. The second-order valence-corrected chi connectivity index (χ2v) is 6.42. The van der Waals surface area contributed by atoms with E-state index in [1.807, 2.05) is 11.8 Å². The van der Waals surface area contributed by atoms with Crippen LogP contribution in [0.5, 0.6) is 0 Å². The van der Waals surface area contributed by atoms with E-state index in [4.69, 9.17) is 0 Å². The van der Waals surface area contributed by atoms with E-state index in [0.29, 0.717) is 0 Å². The predicted molar refractivity (Wildman–Crippen MR) is 65.8 cm³/mol. The molecule has 86 valence electrons. The van der Waals surface area contributed by atoms with Gasteiger partial charge in [-0.25, -0.2) is 0 Å². The van der Waals surface area contributed by atoms with Crippen molar-refractivity contribution in [3.8, 4) is 0 Å². The summed E-state index contributed by atoms with van der Waals surface area (Å²) >= 11 is 3.73. The molecular formula is C10H17NO2S2. The van der Waals surface area contributed by atoms with Crippen molar-refractivity contribution in [3.63, 3.8) is 0 Å². The van der Waals surface area contributed by atoms with Crippen LogP contribution in [0.1, 0.15) is 12.8 Å². The van der Waals surface area contributed by atoms with Crippen LogP contribution in [0.4, 0.5) is 0 Å². The first-order valence-electron chi connectivity index (χ1n) is 5.40. The summed E-state index contributed by atoms with van der Waals surface area (Å²) in [4.78, 5) is 13.7. The Morgan fingerprint density at radius 3 is 2.73 bits per heavy atom. The van der Waals surface area contributed by atoms with E-state index >= 15 is 0 Å². The lowest BCUT2D eigenvalue weighted by atomic mass is 9.96. The van der Waals surface area contributed by atoms with E-state index in [1.165, 1.54) is 5.75 Å². The molecule has 1 N–H and O–H groups in total. The highest BCUT2D eigenvalue weighted by atomic mass is 32.2. The Morgan fingerprint density at radius 2 is 2.07 bits per heavy atom. The molecule has 2 aliphatic heterocycles. The smallest absolute Gasteiger partial charge is 0.325 e. The Labute approximate surface area is 99.0 Å². The molecule has 1 atom stereocenters. The highest BCUT2D eigenvalue weighted by Crippen LogP contribution is 2.34. The van der Waals surface area contributed by atoms with E-state index in [9.17, 15) is 9.90 Å². The van der Waals surface area contributed by atoms with Crippen LogP contribution in [0, 0.1) is 0 Å². The molecule has 0 spiro atoms. The maximum absolute atomic E-state index is 11.5. The topological polar surface area (TPSA) is 40.5 Å². The quantitative estimate of drug-likeness (QED) is 0.798. The van der Waals surface area contributed by atoms with Gasteiger partial charge in [0.05, 0.1) is 0 Å². The SMILES string of the molecule is O=C(O)C1(N2CCCSCC2)CCSC1. The van der Waals surface area contributed by atoms with Crippen molar-refractivity contribution in [2.75, 3.05) is 36.1 Å². The van der Waals surface area contributed by atoms with Gasteiger partial charge in [-0.2, -0.15) is 23.5 Å². The fraction of sp³-hybridized carbons (Fsp3) is 0.900. The van der Waals surface area contributed by atoms with Gasteiger partial charge in [-0.05, 0) is 24.3 Å². The van der Waals surface area contributed by atoms with Crippen LogP contribution in [0.3, 0.4) is 0 Å². The summed E-state index contributed by atoms with van der Waals surface area (Å²) in [5.41, 5.74) is -0.546. The average Bonchev–Trinajstić information content (AvgIpc) is 2.56. The van der Waals surface area contributed by atoms with Gasteiger partial charge >= 0.3 is 5.97 Å². The van der Waals surface area contributed by atoms with Gasteiger partial charge in [0.2, 0.25) is 0 Å². The third-order valence-electron chi connectivity index (χ3n) is 3.23. The maximum Gasteiger partial charge on any atom is 0.325 e. The van der Waals surface area contributed by atoms with Crippen molar-refractivity contribution < 1.29 is 9.90 Å². The monoisotopic (exact) mass is 247 g/mol. The molecule has 2 rings (SSSR count). The van der Waals surface area contributed by atoms with Gasteiger partial charge in [-0.15, -0.1) is 0 Å². The van der Waals surface area contributed by atoms with Crippen LogP contribution in [0.2, 0.25) is 0 Å². The highest BCUT2D eigenvalue weighted by Gasteiger charge is 2.46. The van der Waals surface area contributed by atoms with Crippen molar-refractivity contribution in [2.45, 2.75) is 18.4 Å². The van der Waals surface area contributed by atoms with E-state index in [0.717, 1.165) is 43.2 Å². The third kappa shape index (κ3) is 2.29. The van der Waals surface area contributed by atoms with Crippen molar-refractivity contribution in [1.29, 1.82) is 0 Å². The maximum atomic E-state index is 11.5. The minimum atomic E-state index is -0.612. The largest absolute Gasteiger partial charge is 0.480 e. The number of carboxylic acids is 1. The van der Waals surface area contributed by atoms with E-state index < -0.39 is 11.5 Å². The summed E-state index contributed by atoms with van der Waals surface area (Å²) in [6.07, 6.45) is 1.95. The van der Waals surface area contributed by atoms with Gasteiger partial charge in [0.25, 0.3) is 0 Å². The summed E-state index contributed by atoms with van der Waals surface area (Å²) in [7, 11) is 0. The molecule has 3 nitrogen and oxygen atoms in total. The molecule has 5 heteroatoms. The number of rotatable bonds is 2. The molecule has 0 saturated carbocycles. The van der Waals surface area contributed by atoms with E-state index in [1.54, 1.807) is 11.8 Å². The van der Waals surface area contributed by atoms with Crippen molar-refractivity contribution in [1.82, 2.24) is 4.90 Å². The first kappa shape index (κ1) is 11.6.